The van der Waals surface area contributed by atoms with Gasteiger partial charge in [0.2, 0.25) is 0 Å². The number of unbranched alkanes of at least 4 members (excludes halogenated alkanes) is 2. The molecule has 0 unspecified atom stereocenters. The Labute approximate surface area is 199 Å². The molecule has 2 rings (SSSR count). The van der Waals surface area contributed by atoms with Crippen molar-refractivity contribution in [3.05, 3.63) is 59.7 Å². The topological polar surface area (TPSA) is 33.0 Å². The van der Waals surface area contributed by atoms with Gasteiger partial charge in [0.15, 0.2) is 16.6 Å². The number of nitrogens with zero attached hydrogens (tertiary/aromatic N) is 1. The van der Waals surface area contributed by atoms with Crippen molar-refractivity contribution in [2.24, 2.45) is 0 Å². The van der Waals surface area contributed by atoms with Crippen LogP contribution < -0.4 is 0 Å². The fourth-order valence-electron chi connectivity index (χ4n) is 4.78. The second-order valence-corrected chi connectivity index (χ2v) is 18.8. The molecule has 0 aromatic heterocycles. The van der Waals surface area contributed by atoms with Gasteiger partial charge in [-0.25, -0.2) is 0 Å². The number of nitriles is 1. The predicted molar refractivity (Wildman–Crippen MR) is 144 cm³/mol. The van der Waals surface area contributed by atoms with Gasteiger partial charge in [0.1, 0.15) is 0 Å². The van der Waals surface area contributed by atoms with Gasteiger partial charge in [-0.1, -0.05) is 83.9 Å². The predicted octanol–water partition coefficient (Wildman–Crippen LogP) is 8.95. The Morgan fingerprint density at radius 1 is 0.656 bits per heavy atom. The highest BCUT2D eigenvalue weighted by Crippen LogP contribution is 2.33. The molecule has 2 aromatic carbocycles. The zero-order valence-electron chi connectivity index (χ0n) is 21.0. The molecule has 0 aliphatic rings. The van der Waals surface area contributed by atoms with Crippen LogP contribution in [-0.2, 0) is 10.5 Å². The minimum Gasteiger partial charge on any atom is -0.455 e. The van der Waals surface area contributed by atoms with E-state index in [2.05, 4.69) is 65.0 Å². The molecular weight excluding hydrogens is 422 g/mol. The Kier molecular flexibility index (Phi) is 10.9. The maximum atomic E-state index is 8.96. The van der Waals surface area contributed by atoms with E-state index in [-0.39, 0.29) is 0 Å². The van der Waals surface area contributed by atoms with Gasteiger partial charge in [-0.15, -0.1) is 0 Å². The first kappa shape index (κ1) is 26.6. The summed E-state index contributed by atoms with van der Waals surface area (Å²) in [5.41, 5.74) is 4.51. The van der Waals surface area contributed by atoms with Gasteiger partial charge < -0.3 is 4.12 Å². The van der Waals surface area contributed by atoms with E-state index in [4.69, 9.17) is 9.38 Å². The quantitative estimate of drug-likeness (QED) is 0.206. The zero-order valence-corrected chi connectivity index (χ0v) is 23.0. The van der Waals surface area contributed by atoms with E-state index in [0.29, 0.717) is 5.56 Å². The molecule has 0 saturated heterocycles. The number of hydrogen-bond donors (Lipinski definition) is 0. The Hall–Kier alpha value is -1.68. The van der Waals surface area contributed by atoms with Crippen molar-refractivity contribution in [3.8, 4) is 17.2 Å². The zero-order chi connectivity index (χ0) is 23.5. The Bertz CT molecular complexity index is 823. The SMILES string of the molecule is CC[Si](CC)(CC)O[Si](CC)(CC)CCCCCc1ccc(-c2ccc(C#N)cc2)cc1. The molecule has 0 atom stereocenters. The van der Waals surface area contributed by atoms with Crippen LogP contribution in [0.3, 0.4) is 0 Å². The van der Waals surface area contributed by atoms with E-state index in [1.54, 1.807) is 0 Å². The molecule has 32 heavy (non-hydrogen) atoms. The van der Waals surface area contributed by atoms with E-state index in [1.807, 2.05) is 24.3 Å². The lowest BCUT2D eigenvalue weighted by Gasteiger charge is -2.41. The summed E-state index contributed by atoms with van der Waals surface area (Å²) in [6.07, 6.45) is 5.03. The summed E-state index contributed by atoms with van der Waals surface area (Å²) in [5.74, 6) is 0. The number of hydrogen-bond acceptors (Lipinski definition) is 2. The van der Waals surface area contributed by atoms with Crippen LogP contribution in [0.25, 0.3) is 11.1 Å². The smallest absolute Gasteiger partial charge is 0.179 e. The molecule has 0 heterocycles. The molecule has 0 N–H and O–H groups in total. The van der Waals surface area contributed by atoms with Gasteiger partial charge in [-0.05, 0) is 77.9 Å². The fraction of sp³-hybridized carbons (Fsp3) is 0.536. The molecule has 0 bridgehead atoms. The maximum absolute atomic E-state index is 8.96. The van der Waals surface area contributed by atoms with Crippen LogP contribution in [0.15, 0.2) is 48.5 Å². The van der Waals surface area contributed by atoms with E-state index in [0.717, 1.165) is 6.42 Å². The summed E-state index contributed by atoms with van der Waals surface area (Å²) in [6.45, 7) is 11.8. The number of rotatable bonds is 14. The summed E-state index contributed by atoms with van der Waals surface area (Å²) in [4.78, 5) is 0. The summed E-state index contributed by atoms with van der Waals surface area (Å²) >= 11 is 0. The van der Waals surface area contributed by atoms with E-state index in [9.17, 15) is 0 Å². The van der Waals surface area contributed by atoms with Gasteiger partial charge in [0.05, 0.1) is 11.6 Å². The second-order valence-electron chi connectivity index (χ2n) is 9.18. The van der Waals surface area contributed by atoms with Crippen molar-refractivity contribution in [2.45, 2.75) is 96.6 Å². The summed E-state index contributed by atoms with van der Waals surface area (Å²) in [7, 11) is -3.09. The third kappa shape index (κ3) is 7.17. The number of benzene rings is 2. The van der Waals surface area contributed by atoms with Crippen LogP contribution in [0, 0.1) is 11.3 Å². The number of aryl methyl sites for hydroxylation is 1. The molecule has 0 amide bonds. The molecule has 0 aliphatic heterocycles. The van der Waals surface area contributed by atoms with Gasteiger partial charge in [-0.2, -0.15) is 5.26 Å². The molecule has 0 aliphatic carbocycles. The summed E-state index contributed by atoms with van der Waals surface area (Å²) in [5, 5.41) is 8.96. The van der Waals surface area contributed by atoms with Gasteiger partial charge in [0.25, 0.3) is 0 Å². The minimum absolute atomic E-state index is 0.709. The first-order valence-electron chi connectivity index (χ1n) is 12.8. The molecule has 2 aromatic rings. The average molecular weight is 466 g/mol. The van der Waals surface area contributed by atoms with E-state index in [1.165, 1.54) is 72.2 Å². The normalized spacial score (nSPS) is 12.0. The lowest BCUT2D eigenvalue weighted by Crippen LogP contribution is -2.50. The second kappa shape index (κ2) is 13.1. The minimum atomic E-state index is -1.58. The lowest BCUT2D eigenvalue weighted by atomic mass is 10.0. The fourth-order valence-corrected chi connectivity index (χ4v) is 15.3. The summed E-state index contributed by atoms with van der Waals surface area (Å²) < 4.78 is 7.17. The Morgan fingerprint density at radius 2 is 1.16 bits per heavy atom. The van der Waals surface area contributed by atoms with Crippen molar-refractivity contribution in [3.63, 3.8) is 0 Å². The average Bonchev–Trinajstić information content (AvgIpc) is 2.87. The van der Waals surface area contributed by atoms with Crippen LogP contribution in [0.1, 0.15) is 65.0 Å². The molecule has 0 saturated carbocycles. The van der Waals surface area contributed by atoms with Crippen LogP contribution in [-0.4, -0.2) is 16.6 Å². The van der Waals surface area contributed by atoms with E-state index >= 15 is 0 Å². The first-order valence-corrected chi connectivity index (χ1v) is 17.8. The third-order valence-electron chi connectivity index (χ3n) is 7.55. The standard InChI is InChI=1S/C28H43NOSi2/c1-6-31(7-2,8-3)30-32(9-4,10-5)23-13-11-12-14-25-15-19-27(20-16-25)28-21-17-26(24-29)18-22-28/h15-22H,6-14,23H2,1-5H3. The highest BCUT2D eigenvalue weighted by Gasteiger charge is 2.40. The Balaban J connectivity index is 1.84. The molecule has 174 valence electrons. The monoisotopic (exact) mass is 465 g/mol. The molecule has 0 spiro atoms. The highest BCUT2D eigenvalue weighted by atomic mass is 28.4. The molecule has 4 heteroatoms. The van der Waals surface area contributed by atoms with Crippen LogP contribution in [0.2, 0.25) is 36.3 Å². The third-order valence-corrected chi connectivity index (χ3v) is 18.7. The highest BCUT2D eigenvalue weighted by molar-refractivity contribution is 6.87. The first-order chi connectivity index (χ1) is 15.5. The van der Waals surface area contributed by atoms with Crippen molar-refractivity contribution in [1.29, 1.82) is 5.26 Å². The Morgan fingerprint density at radius 3 is 1.62 bits per heavy atom. The van der Waals surface area contributed by atoms with Crippen molar-refractivity contribution in [1.82, 2.24) is 0 Å². The van der Waals surface area contributed by atoms with Crippen LogP contribution >= 0.6 is 0 Å². The van der Waals surface area contributed by atoms with Gasteiger partial charge in [0, 0.05) is 0 Å². The molecular formula is C28H43NOSi2. The molecule has 2 nitrogen and oxygen atoms in total. The summed E-state index contributed by atoms with van der Waals surface area (Å²) in [6, 6.07) is 26.6. The van der Waals surface area contributed by atoms with Gasteiger partial charge >= 0.3 is 0 Å². The van der Waals surface area contributed by atoms with Gasteiger partial charge in [-0.3, -0.25) is 0 Å². The lowest BCUT2D eigenvalue weighted by molar-refractivity contribution is 0.500. The van der Waals surface area contributed by atoms with E-state index < -0.39 is 16.6 Å². The largest absolute Gasteiger partial charge is 0.455 e. The molecule has 0 radical (unpaired) electrons. The van der Waals surface area contributed by atoms with Crippen molar-refractivity contribution < 1.29 is 4.12 Å². The van der Waals surface area contributed by atoms with Crippen molar-refractivity contribution in [2.75, 3.05) is 0 Å². The molecule has 0 fully saturated rings. The van der Waals surface area contributed by atoms with Crippen molar-refractivity contribution >= 4 is 16.6 Å². The van der Waals surface area contributed by atoms with Crippen LogP contribution in [0.4, 0.5) is 0 Å². The maximum Gasteiger partial charge on any atom is 0.179 e. The van der Waals surface area contributed by atoms with Crippen LogP contribution in [0.5, 0.6) is 0 Å².